The highest BCUT2D eigenvalue weighted by molar-refractivity contribution is 6.30. The van der Waals surface area contributed by atoms with Gasteiger partial charge in [0.05, 0.1) is 27.3 Å². The molecule has 2 atom stereocenters. The van der Waals surface area contributed by atoms with E-state index in [1.165, 1.54) is 22.8 Å². The molecule has 34 heavy (non-hydrogen) atoms. The van der Waals surface area contributed by atoms with Crippen LogP contribution in [0.2, 0.25) is 5.02 Å². The van der Waals surface area contributed by atoms with E-state index in [2.05, 4.69) is 0 Å². The molecule has 1 aliphatic carbocycles. The average molecular weight is 482 g/mol. The lowest BCUT2D eigenvalue weighted by Gasteiger charge is -2.16. The van der Waals surface area contributed by atoms with Crippen molar-refractivity contribution in [1.82, 2.24) is 14.1 Å². The van der Waals surface area contributed by atoms with Crippen molar-refractivity contribution >= 4 is 22.6 Å². The maximum atomic E-state index is 13.6. The van der Waals surface area contributed by atoms with E-state index in [9.17, 15) is 14.3 Å². The molecule has 1 saturated carbocycles. The first-order valence-corrected chi connectivity index (χ1v) is 11.5. The molecule has 2 aromatic carbocycles. The number of imidazole rings is 1. The molecule has 8 heteroatoms. The van der Waals surface area contributed by atoms with Crippen LogP contribution in [0.4, 0.5) is 4.39 Å². The third kappa shape index (κ3) is 4.21. The summed E-state index contributed by atoms with van der Waals surface area (Å²) in [6, 6.07) is 13.3. The highest BCUT2D eigenvalue weighted by Crippen LogP contribution is 2.53. The number of nitrogens with zero attached hydrogens (tertiary/aromatic N) is 3. The number of fused-ring (bicyclic) bond motifs is 1. The molecule has 2 aromatic heterocycles. The van der Waals surface area contributed by atoms with Crippen LogP contribution in [0.1, 0.15) is 37.6 Å². The van der Waals surface area contributed by atoms with E-state index in [0.29, 0.717) is 17.0 Å². The molecule has 1 N–H and O–H groups in total. The fourth-order valence-electron chi connectivity index (χ4n) is 4.50. The van der Waals surface area contributed by atoms with Gasteiger partial charge in [-0.2, -0.15) is 0 Å². The molecule has 0 amide bonds. The number of aryl methyl sites for hydroxylation is 1. The normalized spacial score (nSPS) is 17.8. The van der Waals surface area contributed by atoms with Gasteiger partial charge < -0.3 is 14.4 Å². The summed E-state index contributed by atoms with van der Waals surface area (Å²) in [7, 11) is 1.97. The van der Waals surface area contributed by atoms with Crippen LogP contribution in [0.15, 0.2) is 59.5 Å². The fourth-order valence-corrected chi connectivity index (χ4v) is 4.62. The van der Waals surface area contributed by atoms with E-state index in [1.54, 1.807) is 18.3 Å². The summed E-state index contributed by atoms with van der Waals surface area (Å²) in [5, 5.41) is 10.4. The monoisotopic (exact) mass is 481 g/mol. The first-order chi connectivity index (χ1) is 16.1. The van der Waals surface area contributed by atoms with Crippen molar-refractivity contribution in [2.75, 3.05) is 0 Å². The van der Waals surface area contributed by atoms with E-state index in [-0.39, 0.29) is 29.0 Å². The van der Waals surface area contributed by atoms with Crippen LogP contribution in [-0.4, -0.2) is 24.8 Å². The lowest BCUT2D eigenvalue weighted by molar-refractivity contribution is 0.0542. The molecule has 4 aromatic rings. The van der Waals surface area contributed by atoms with Gasteiger partial charge in [0.2, 0.25) is 0 Å². The maximum Gasteiger partial charge on any atom is 0.258 e. The van der Waals surface area contributed by atoms with E-state index in [1.807, 2.05) is 43.7 Å². The van der Waals surface area contributed by atoms with Gasteiger partial charge in [-0.05, 0) is 68.1 Å². The first kappa shape index (κ1) is 22.6. The van der Waals surface area contributed by atoms with Crippen LogP contribution < -0.4 is 10.3 Å². The first-order valence-electron chi connectivity index (χ1n) is 11.1. The van der Waals surface area contributed by atoms with Gasteiger partial charge in [-0.25, -0.2) is 9.37 Å². The quantitative estimate of drug-likeness (QED) is 0.422. The third-order valence-corrected chi connectivity index (χ3v) is 6.79. The summed E-state index contributed by atoms with van der Waals surface area (Å²) in [5.41, 5.74) is 2.13. The van der Waals surface area contributed by atoms with Crippen molar-refractivity contribution in [3.63, 3.8) is 0 Å². The molecule has 0 aliphatic heterocycles. The summed E-state index contributed by atoms with van der Waals surface area (Å²) >= 11 is 5.71. The Morgan fingerprint density at radius 2 is 2.00 bits per heavy atom. The van der Waals surface area contributed by atoms with E-state index in [0.717, 1.165) is 23.3 Å². The van der Waals surface area contributed by atoms with Crippen LogP contribution in [0.25, 0.3) is 16.7 Å². The van der Waals surface area contributed by atoms with Gasteiger partial charge in [0.1, 0.15) is 24.0 Å². The average Bonchev–Trinajstić information content (AvgIpc) is 3.53. The van der Waals surface area contributed by atoms with E-state index in [4.69, 9.17) is 21.3 Å². The minimum atomic E-state index is -0.729. The number of aliphatic hydroxyl groups is 1. The predicted octanol–water partition coefficient (Wildman–Crippen LogP) is 4.97. The highest BCUT2D eigenvalue weighted by atomic mass is 35.5. The van der Waals surface area contributed by atoms with Gasteiger partial charge >= 0.3 is 0 Å². The number of aromatic nitrogens is 3. The molecular weight excluding hydrogens is 457 g/mol. The second kappa shape index (κ2) is 8.25. The summed E-state index contributed by atoms with van der Waals surface area (Å²) in [5.74, 6) is 1.27. The fraction of sp³-hybridized carbons (Fsp3) is 0.308. The number of hydrogen-bond donors (Lipinski definition) is 1. The molecule has 0 spiro atoms. The van der Waals surface area contributed by atoms with Crippen LogP contribution >= 0.6 is 11.6 Å². The third-order valence-electron chi connectivity index (χ3n) is 6.49. The molecule has 0 radical (unpaired) electrons. The van der Waals surface area contributed by atoms with Crippen LogP contribution in [-0.2, 0) is 13.7 Å². The maximum absolute atomic E-state index is 13.6. The summed E-state index contributed by atoms with van der Waals surface area (Å²) < 4.78 is 22.9. The predicted molar refractivity (Wildman–Crippen MR) is 129 cm³/mol. The second-order valence-electron chi connectivity index (χ2n) is 9.41. The van der Waals surface area contributed by atoms with Gasteiger partial charge in [0.15, 0.2) is 0 Å². The van der Waals surface area contributed by atoms with Crippen molar-refractivity contribution in [3.8, 4) is 11.4 Å². The molecule has 1 aliphatic rings. The second-order valence-corrected chi connectivity index (χ2v) is 9.82. The topological polar surface area (TPSA) is 69.3 Å². The molecule has 5 rings (SSSR count). The zero-order valence-corrected chi connectivity index (χ0v) is 19.9. The van der Waals surface area contributed by atoms with Crippen molar-refractivity contribution in [1.29, 1.82) is 0 Å². The Balaban J connectivity index is 1.37. The summed E-state index contributed by atoms with van der Waals surface area (Å²) in [6.07, 6.45) is 2.57. The molecule has 176 valence electrons. The highest BCUT2D eigenvalue weighted by Gasteiger charge is 2.49. The molecular formula is C26H25ClFN3O3. The Morgan fingerprint density at radius 3 is 2.68 bits per heavy atom. The molecule has 2 heterocycles. The van der Waals surface area contributed by atoms with Crippen LogP contribution in [0.5, 0.6) is 5.75 Å². The van der Waals surface area contributed by atoms with Gasteiger partial charge in [-0.15, -0.1) is 0 Å². The number of pyridine rings is 1. The number of ether oxygens (including phenoxy) is 1. The summed E-state index contributed by atoms with van der Waals surface area (Å²) in [6.45, 7) is 3.80. The van der Waals surface area contributed by atoms with Crippen molar-refractivity contribution in [2.45, 2.75) is 38.4 Å². The minimum Gasteiger partial charge on any atom is -0.489 e. The Morgan fingerprint density at radius 1 is 1.21 bits per heavy atom. The summed E-state index contributed by atoms with van der Waals surface area (Å²) in [4.78, 5) is 17.6. The van der Waals surface area contributed by atoms with E-state index >= 15 is 0 Å². The lowest BCUT2D eigenvalue weighted by atomic mass is 10.0. The smallest absolute Gasteiger partial charge is 0.258 e. The number of halogens is 2. The Bertz CT molecular complexity index is 1450. The van der Waals surface area contributed by atoms with Crippen molar-refractivity contribution < 1.29 is 14.2 Å². The SMILES string of the molecule is Cn1c(C2CC2C(C)(C)O)nc2ccc(-n3ccc(OCc4ccc(Cl)c(F)c4)cc3=O)cc21. The Hall–Kier alpha value is -3.16. The molecule has 0 bridgehead atoms. The lowest BCUT2D eigenvalue weighted by Crippen LogP contribution is -2.22. The molecule has 0 saturated heterocycles. The van der Waals surface area contributed by atoms with E-state index < -0.39 is 11.4 Å². The number of benzene rings is 2. The standard InChI is InChI=1S/C26H25ClFN3O3/c1-26(2,33)19-13-18(19)25-29-22-7-5-16(11-23(22)30(25)3)31-9-8-17(12-24(31)32)34-14-15-4-6-20(27)21(28)10-15/h4-12,18-19,33H,13-14H2,1-3H3. The molecule has 2 unspecified atom stereocenters. The zero-order valence-electron chi connectivity index (χ0n) is 19.1. The van der Waals surface area contributed by atoms with Crippen molar-refractivity contribution in [3.05, 3.63) is 87.3 Å². The van der Waals surface area contributed by atoms with Gasteiger partial charge in [-0.3, -0.25) is 9.36 Å². The number of rotatable bonds is 6. The number of hydrogen-bond acceptors (Lipinski definition) is 4. The van der Waals surface area contributed by atoms with Crippen LogP contribution in [0, 0.1) is 11.7 Å². The molecule has 1 fully saturated rings. The van der Waals surface area contributed by atoms with Crippen molar-refractivity contribution in [2.24, 2.45) is 13.0 Å². The Kier molecular flexibility index (Phi) is 5.49. The Labute approximate surface area is 201 Å². The van der Waals surface area contributed by atoms with Gasteiger partial charge in [0, 0.05) is 25.2 Å². The minimum absolute atomic E-state index is 0.0537. The zero-order chi connectivity index (χ0) is 24.2. The largest absolute Gasteiger partial charge is 0.489 e. The van der Waals surface area contributed by atoms with Crippen LogP contribution in [0.3, 0.4) is 0 Å². The molecule has 6 nitrogen and oxygen atoms in total. The van der Waals surface area contributed by atoms with Gasteiger partial charge in [0.25, 0.3) is 5.56 Å². The van der Waals surface area contributed by atoms with Gasteiger partial charge in [-0.1, -0.05) is 17.7 Å².